The van der Waals surface area contributed by atoms with E-state index >= 15 is 0 Å². The second-order valence-corrected chi connectivity index (χ2v) is 12.2. The third-order valence-electron chi connectivity index (χ3n) is 8.92. The molecule has 1 N–H and O–H groups in total. The molecule has 0 aromatic heterocycles. The molecule has 9 heteroatoms. The average molecular weight is 588 g/mol. The smallest absolute Gasteiger partial charge is 0.305 e. The van der Waals surface area contributed by atoms with Gasteiger partial charge in [-0.25, -0.2) is 0 Å². The van der Waals surface area contributed by atoms with Crippen LogP contribution in [0.1, 0.15) is 129 Å². The molecule has 41 heavy (non-hydrogen) atoms. The maximum Gasteiger partial charge on any atom is 0.305 e. The zero-order chi connectivity index (χ0) is 29.5. The van der Waals surface area contributed by atoms with Gasteiger partial charge in [-0.05, 0) is 83.0 Å². The van der Waals surface area contributed by atoms with Crippen molar-refractivity contribution in [1.82, 2.24) is 5.32 Å². The molecule has 7 nitrogen and oxygen atoms in total. The van der Waals surface area contributed by atoms with E-state index in [0.717, 1.165) is 70.6 Å². The van der Waals surface area contributed by atoms with Crippen LogP contribution in [-0.2, 0) is 28.5 Å². The number of amides is 1. The summed E-state index contributed by atoms with van der Waals surface area (Å²) in [7, 11) is 0. The van der Waals surface area contributed by atoms with Crippen LogP contribution in [0.15, 0.2) is 0 Å². The van der Waals surface area contributed by atoms with E-state index in [4.69, 9.17) is 18.9 Å². The van der Waals surface area contributed by atoms with Crippen LogP contribution in [0, 0.1) is 11.8 Å². The second kappa shape index (κ2) is 18.5. The Kier molecular flexibility index (Phi) is 15.5. The normalized spacial score (nSPS) is 29.0. The van der Waals surface area contributed by atoms with Gasteiger partial charge in [0, 0.05) is 45.4 Å². The van der Waals surface area contributed by atoms with Gasteiger partial charge in [-0.2, -0.15) is 8.78 Å². The van der Waals surface area contributed by atoms with Gasteiger partial charge in [-0.15, -0.1) is 0 Å². The highest BCUT2D eigenvalue weighted by molar-refractivity contribution is 5.85. The molecular weight excluding hydrogens is 532 g/mol. The Morgan fingerprint density at radius 2 is 1.41 bits per heavy atom. The second-order valence-electron chi connectivity index (χ2n) is 12.2. The third-order valence-corrected chi connectivity index (χ3v) is 8.92. The van der Waals surface area contributed by atoms with Crippen molar-refractivity contribution in [3.05, 3.63) is 0 Å². The molecule has 2 saturated heterocycles. The highest BCUT2D eigenvalue weighted by atomic mass is 19.3. The van der Waals surface area contributed by atoms with Crippen LogP contribution in [0.3, 0.4) is 0 Å². The summed E-state index contributed by atoms with van der Waals surface area (Å²) in [5, 5.41) is 2.84. The van der Waals surface area contributed by atoms with Gasteiger partial charge in [0.25, 0.3) is 0 Å². The van der Waals surface area contributed by atoms with Crippen LogP contribution in [0.5, 0.6) is 0 Å². The van der Waals surface area contributed by atoms with Crippen molar-refractivity contribution in [2.45, 2.75) is 160 Å². The molecule has 2 unspecified atom stereocenters. The monoisotopic (exact) mass is 587 g/mol. The number of hydrogen-bond acceptors (Lipinski definition) is 6. The predicted octanol–water partition coefficient (Wildman–Crippen LogP) is 7.10. The van der Waals surface area contributed by atoms with Gasteiger partial charge in [-0.3, -0.25) is 9.59 Å². The fourth-order valence-electron chi connectivity index (χ4n) is 6.59. The molecule has 6 atom stereocenters. The van der Waals surface area contributed by atoms with E-state index in [2.05, 4.69) is 5.32 Å². The number of nitrogens with one attached hydrogen (secondary N) is 1. The van der Waals surface area contributed by atoms with Crippen LogP contribution >= 0.6 is 0 Å². The van der Waals surface area contributed by atoms with E-state index < -0.39 is 11.7 Å². The number of halogens is 2. The van der Waals surface area contributed by atoms with Gasteiger partial charge in [0.15, 0.2) is 12.6 Å². The Hall–Kier alpha value is -1.16. The number of unbranched alkanes of at least 4 members (excludes halogenated alkanes) is 4. The molecule has 238 valence electrons. The zero-order valence-corrected chi connectivity index (χ0v) is 25.5. The Morgan fingerprint density at radius 1 is 0.805 bits per heavy atom. The lowest BCUT2D eigenvalue weighted by Gasteiger charge is -2.32. The fourth-order valence-corrected chi connectivity index (χ4v) is 6.59. The number of rotatable bonds is 19. The molecule has 2 heterocycles. The largest absolute Gasteiger partial charge is 0.356 e. The molecule has 0 bridgehead atoms. The van der Waals surface area contributed by atoms with Crippen molar-refractivity contribution in [2.75, 3.05) is 19.8 Å². The van der Waals surface area contributed by atoms with Crippen LogP contribution in [0.25, 0.3) is 0 Å². The van der Waals surface area contributed by atoms with Crippen molar-refractivity contribution in [3.63, 3.8) is 0 Å². The molecule has 0 aromatic rings. The van der Waals surface area contributed by atoms with E-state index in [1.807, 2.05) is 13.8 Å². The van der Waals surface area contributed by atoms with Gasteiger partial charge in [-0.1, -0.05) is 32.6 Å². The Bertz CT molecular complexity index is 756. The minimum Gasteiger partial charge on any atom is -0.356 e. The van der Waals surface area contributed by atoms with E-state index in [1.165, 1.54) is 0 Å². The average Bonchev–Trinajstić information content (AvgIpc) is 3.28. The molecule has 0 spiro atoms. The number of ketones is 1. The van der Waals surface area contributed by atoms with Crippen molar-refractivity contribution >= 4 is 11.7 Å². The maximum atomic E-state index is 14.6. The maximum absolute atomic E-state index is 14.6. The van der Waals surface area contributed by atoms with Crippen LogP contribution in [-0.4, -0.2) is 62.2 Å². The summed E-state index contributed by atoms with van der Waals surface area (Å²) in [5.41, 5.74) is 0. The molecule has 1 aliphatic carbocycles. The van der Waals surface area contributed by atoms with E-state index in [-0.39, 0.29) is 55.4 Å². The lowest BCUT2D eigenvalue weighted by molar-refractivity contribution is -0.204. The quantitative estimate of drug-likeness (QED) is 0.162. The van der Waals surface area contributed by atoms with Crippen molar-refractivity contribution in [1.29, 1.82) is 0 Å². The van der Waals surface area contributed by atoms with E-state index in [9.17, 15) is 18.4 Å². The summed E-state index contributed by atoms with van der Waals surface area (Å²) < 4.78 is 54.0. The molecule has 1 amide bonds. The molecule has 0 radical (unpaired) electrons. The molecule has 3 rings (SSSR count). The lowest BCUT2D eigenvalue weighted by atomic mass is 9.84. The van der Waals surface area contributed by atoms with Gasteiger partial charge in [0.05, 0.1) is 12.2 Å². The highest BCUT2D eigenvalue weighted by Gasteiger charge is 2.47. The first-order valence-electron chi connectivity index (χ1n) is 16.6. The summed E-state index contributed by atoms with van der Waals surface area (Å²) in [6.45, 7) is 5.78. The molecule has 3 fully saturated rings. The minimum atomic E-state index is -3.27. The Morgan fingerprint density at radius 3 is 1.98 bits per heavy atom. The summed E-state index contributed by atoms with van der Waals surface area (Å²) in [4.78, 5) is 24.4. The summed E-state index contributed by atoms with van der Waals surface area (Å²) in [5.74, 6) is -4.11. The van der Waals surface area contributed by atoms with Gasteiger partial charge < -0.3 is 24.3 Å². The highest BCUT2D eigenvalue weighted by Crippen LogP contribution is 2.44. The first-order valence-corrected chi connectivity index (χ1v) is 16.6. The van der Waals surface area contributed by atoms with Crippen LogP contribution in [0.4, 0.5) is 8.78 Å². The number of Topliss-reactive ketones (excluding diaryl/α,β-unsaturated/α-hetero) is 1. The van der Waals surface area contributed by atoms with Crippen molar-refractivity contribution in [3.8, 4) is 0 Å². The third kappa shape index (κ3) is 11.8. The zero-order valence-electron chi connectivity index (χ0n) is 25.5. The van der Waals surface area contributed by atoms with Crippen LogP contribution < -0.4 is 5.32 Å². The number of alkyl halides is 2. The first-order chi connectivity index (χ1) is 19.8. The van der Waals surface area contributed by atoms with Crippen molar-refractivity contribution < 1.29 is 37.3 Å². The van der Waals surface area contributed by atoms with Gasteiger partial charge >= 0.3 is 5.92 Å². The van der Waals surface area contributed by atoms with Gasteiger partial charge in [0.2, 0.25) is 11.7 Å². The van der Waals surface area contributed by atoms with Crippen molar-refractivity contribution in [2.24, 2.45) is 11.8 Å². The molecule has 1 saturated carbocycles. The number of carbonyl (C=O) groups excluding carboxylic acids is 2. The topological polar surface area (TPSA) is 83.1 Å². The Balaban J connectivity index is 1.66. The Labute approximate surface area is 246 Å². The number of hydrogen-bond donors (Lipinski definition) is 1. The number of carbonyl (C=O) groups is 2. The summed E-state index contributed by atoms with van der Waals surface area (Å²) in [6, 6.07) is 0. The van der Waals surface area contributed by atoms with E-state index in [0.29, 0.717) is 51.9 Å². The predicted molar refractivity (Wildman–Crippen MR) is 154 cm³/mol. The lowest BCUT2D eigenvalue weighted by Crippen LogP contribution is -2.34. The number of ether oxygens (including phenoxy) is 4. The molecule has 0 aromatic carbocycles. The van der Waals surface area contributed by atoms with Crippen LogP contribution in [0.2, 0.25) is 0 Å². The minimum absolute atomic E-state index is 0.0598. The first kappa shape index (κ1) is 34.3. The van der Waals surface area contributed by atoms with E-state index in [1.54, 1.807) is 0 Å². The summed E-state index contributed by atoms with van der Waals surface area (Å²) in [6.07, 6.45) is 11.6. The molecule has 2 aliphatic heterocycles. The summed E-state index contributed by atoms with van der Waals surface area (Å²) >= 11 is 0. The fraction of sp³-hybridized carbons (Fsp3) is 0.938. The SMILES string of the molecule is CCCCC(F)(F)C(=O)CC[C@@H]1[C@@H](CCCCCCC(=O)NCC)[C@@H](OC2CCCCO2)C[C@H]1OC1CCCCO1. The standard InChI is InChI=1S/C32H55F2NO6/c1-3-5-20-32(33,34)28(36)19-18-25-24(14-8-6-7-9-15-29(37)35-4-2)26(40-30-16-10-12-21-38-30)23-27(25)41-31-17-11-13-22-39-31/h24-27,30-31H,3-23H2,1-2H3,(H,35,37)/t24-,25-,26+,27-,30?,31?/m1/s1. The van der Waals surface area contributed by atoms with Gasteiger partial charge in [0.1, 0.15) is 0 Å². The molecular formula is C32H55F2NO6. The molecule has 3 aliphatic rings.